The van der Waals surface area contributed by atoms with E-state index >= 15 is 0 Å². The van der Waals surface area contributed by atoms with Gasteiger partial charge in [-0.2, -0.15) is 0 Å². The molecule has 1 saturated heterocycles. The van der Waals surface area contributed by atoms with Gasteiger partial charge in [-0.1, -0.05) is 54.6 Å². The van der Waals surface area contributed by atoms with Crippen molar-refractivity contribution < 1.29 is 28.8 Å². The van der Waals surface area contributed by atoms with Gasteiger partial charge in [0.2, 0.25) is 5.60 Å². The topological polar surface area (TPSA) is 112 Å². The summed E-state index contributed by atoms with van der Waals surface area (Å²) in [5.74, 6) is -1.38. The zero-order valence-corrected chi connectivity index (χ0v) is 18.2. The third-order valence-electron chi connectivity index (χ3n) is 5.56. The number of carbonyl (C=O) groups excluding carboxylic acids is 3. The van der Waals surface area contributed by atoms with E-state index in [2.05, 4.69) is 5.34 Å². The Morgan fingerprint density at radius 3 is 1.88 bits per heavy atom. The Bertz CT molecular complexity index is 1190. The third-order valence-corrected chi connectivity index (χ3v) is 5.56. The number of ether oxygens (including phenoxy) is 1. The minimum atomic E-state index is -1.42. The molecule has 3 aromatic rings. The molecule has 0 saturated carbocycles. The van der Waals surface area contributed by atoms with Crippen molar-refractivity contribution in [3.8, 4) is 5.75 Å². The van der Waals surface area contributed by atoms with Crippen LogP contribution in [0.4, 0.5) is 0 Å². The number of nitrogens with zero attached hydrogens (tertiary/aromatic N) is 2. The number of methoxy groups -OCH3 is 1. The molecule has 0 radical (unpaired) electrons. The Balaban J connectivity index is 1.74. The molecule has 0 aliphatic carbocycles. The van der Waals surface area contributed by atoms with E-state index in [1.807, 2.05) is 6.07 Å². The van der Waals surface area contributed by atoms with Crippen LogP contribution < -0.4 is 4.74 Å². The standard InChI is InChI=1S/C25H20N2O7/c1-32-21-13-11-20(12-14-21)25(34-26-31,18-5-3-2-4-6-18)19-9-7-17(8-10-19)24(30)33-27-22(28)15-16-23(27)29/h2-14H,15-16H2,1H3. The first-order chi connectivity index (χ1) is 16.5. The van der Waals surface area contributed by atoms with Gasteiger partial charge in [0.25, 0.3) is 11.8 Å². The number of hydrogen-bond donors (Lipinski definition) is 0. The smallest absolute Gasteiger partial charge is 0.363 e. The molecule has 1 unspecified atom stereocenters. The van der Waals surface area contributed by atoms with Gasteiger partial charge in [0, 0.05) is 29.5 Å². The zero-order valence-electron chi connectivity index (χ0n) is 18.2. The summed E-state index contributed by atoms with van der Waals surface area (Å²) in [6, 6.07) is 22.1. The van der Waals surface area contributed by atoms with Crippen LogP contribution in [0.1, 0.15) is 39.9 Å². The van der Waals surface area contributed by atoms with E-state index in [-0.39, 0.29) is 18.4 Å². The highest BCUT2D eigenvalue weighted by atomic mass is 16.7. The van der Waals surface area contributed by atoms with Crippen molar-refractivity contribution in [2.45, 2.75) is 18.4 Å². The van der Waals surface area contributed by atoms with Gasteiger partial charge in [0.05, 0.1) is 12.7 Å². The van der Waals surface area contributed by atoms with E-state index in [9.17, 15) is 19.3 Å². The molecule has 0 spiro atoms. The maximum atomic E-state index is 12.5. The Hall–Kier alpha value is -4.53. The zero-order chi connectivity index (χ0) is 24.1. The largest absolute Gasteiger partial charge is 0.497 e. The number of hydroxylamine groups is 2. The van der Waals surface area contributed by atoms with Crippen LogP contribution >= 0.6 is 0 Å². The van der Waals surface area contributed by atoms with Crippen LogP contribution in [-0.4, -0.2) is 30.0 Å². The summed E-state index contributed by atoms with van der Waals surface area (Å²) in [6.45, 7) is 0. The number of amides is 2. The van der Waals surface area contributed by atoms with Gasteiger partial charge in [0.1, 0.15) is 5.75 Å². The lowest BCUT2D eigenvalue weighted by molar-refractivity contribution is -0.172. The first kappa shape index (κ1) is 22.7. The molecule has 1 fully saturated rings. The Morgan fingerprint density at radius 1 is 0.824 bits per heavy atom. The summed E-state index contributed by atoms with van der Waals surface area (Å²) < 4.78 is 5.24. The van der Waals surface area contributed by atoms with Crippen LogP contribution in [0.25, 0.3) is 0 Å². The molecule has 1 atom stereocenters. The summed E-state index contributed by atoms with van der Waals surface area (Å²) >= 11 is 0. The second kappa shape index (κ2) is 9.53. The Labute approximate surface area is 194 Å². The highest BCUT2D eigenvalue weighted by molar-refractivity contribution is 6.02. The summed E-state index contributed by atoms with van der Waals surface area (Å²) in [5, 5.41) is 3.26. The van der Waals surface area contributed by atoms with Gasteiger partial charge >= 0.3 is 5.97 Å². The lowest BCUT2D eigenvalue weighted by Gasteiger charge is -2.31. The molecule has 0 aromatic heterocycles. The van der Waals surface area contributed by atoms with Crippen molar-refractivity contribution in [1.29, 1.82) is 0 Å². The van der Waals surface area contributed by atoms with E-state index in [1.165, 1.54) is 12.1 Å². The van der Waals surface area contributed by atoms with E-state index in [1.54, 1.807) is 67.8 Å². The average molecular weight is 460 g/mol. The molecule has 1 heterocycles. The highest BCUT2D eigenvalue weighted by Gasteiger charge is 2.40. The van der Waals surface area contributed by atoms with E-state index in [0.29, 0.717) is 27.5 Å². The fourth-order valence-corrected chi connectivity index (χ4v) is 3.85. The van der Waals surface area contributed by atoms with Crippen molar-refractivity contribution in [2.75, 3.05) is 7.11 Å². The van der Waals surface area contributed by atoms with E-state index in [4.69, 9.17) is 14.4 Å². The van der Waals surface area contributed by atoms with Crippen LogP contribution in [0.5, 0.6) is 5.75 Å². The normalized spacial score (nSPS) is 14.9. The molecule has 172 valence electrons. The molecule has 1 aliphatic heterocycles. The third kappa shape index (κ3) is 4.11. The first-order valence-electron chi connectivity index (χ1n) is 10.4. The Kier molecular flexibility index (Phi) is 6.35. The lowest BCUT2D eigenvalue weighted by atomic mass is 9.80. The molecule has 34 heavy (non-hydrogen) atoms. The number of rotatable bonds is 8. The van der Waals surface area contributed by atoms with Crippen molar-refractivity contribution >= 4 is 17.8 Å². The van der Waals surface area contributed by atoms with Gasteiger partial charge in [-0.05, 0) is 24.3 Å². The maximum absolute atomic E-state index is 12.5. The van der Waals surface area contributed by atoms with E-state index in [0.717, 1.165) is 0 Å². The molecule has 2 amide bonds. The number of carbonyl (C=O) groups is 3. The molecule has 4 rings (SSSR count). The molecule has 3 aromatic carbocycles. The predicted molar refractivity (Wildman–Crippen MR) is 119 cm³/mol. The first-order valence-corrected chi connectivity index (χ1v) is 10.4. The van der Waals surface area contributed by atoms with E-state index < -0.39 is 23.4 Å². The Morgan fingerprint density at radius 2 is 1.35 bits per heavy atom. The van der Waals surface area contributed by atoms with Crippen LogP contribution in [0.15, 0.2) is 84.2 Å². The van der Waals surface area contributed by atoms with Crippen molar-refractivity contribution in [3.05, 3.63) is 106 Å². The fraction of sp³-hybridized carbons (Fsp3) is 0.160. The van der Waals surface area contributed by atoms with Crippen molar-refractivity contribution in [3.63, 3.8) is 0 Å². The second-order valence-corrected chi connectivity index (χ2v) is 7.48. The number of imide groups is 1. The second-order valence-electron chi connectivity index (χ2n) is 7.48. The maximum Gasteiger partial charge on any atom is 0.363 e. The quantitative estimate of drug-likeness (QED) is 0.217. The SMILES string of the molecule is COc1ccc(C(ON=O)(c2ccccc2)c2ccc(C(=O)ON3C(=O)CCC3=O)cc2)cc1. The molecular formula is C25H20N2O7. The molecular weight excluding hydrogens is 440 g/mol. The summed E-state index contributed by atoms with van der Waals surface area (Å²) in [5.41, 5.74) is 0.421. The number of benzene rings is 3. The molecule has 9 heteroatoms. The predicted octanol–water partition coefficient (Wildman–Crippen LogP) is 3.91. The molecule has 0 bridgehead atoms. The van der Waals surface area contributed by atoms with Crippen LogP contribution in [0.2, 0.25) is 0 Å². The molecule has 9 nitrogen and oxygen atoms in total. The van der Waals surface area contributed by atoms with Gasteiger partial charge in [0.15, 0.2) is 5.34 Å². The summed E-state index contributed by atoms with van der Waals surface area (Å²) in [4.78, 5) is 57.9. The van der Waals surface area contributed by atoms with Crippen molar-refractivity contribution in [2.24, 2.45) is 5.34 Å². The van der Waals surface area contributed by atoms with Gasteiger partial charge in [-0.25, -0.2) is 4.79 Å². The average Bonchev–Trinajstić information content (AvgIpc) is 3.20. The molecule has 1 aliphatic rings. The fourth-order valence-electron chi connectivity index (χ4n) is 3.85. The van der Waals surface area contributed by atoms with Crippen LogP contribution in [0, 0.1) is 4.91 Å². The molecule has 0 N–H and O–H groups in total. The lowest BCUT2D eigenvalue weighted by Crippen LogP contribution is -2.32. The van der Waals surface area contributed by atoms with Gasteiger partial charge < -0.3 is 14.4 Å². The summed E-state index contributed by atoms with van der Waals surface area (Å²) in [6.07, 6.45) is 0.00504. The minimum absolute atomic E-state index is 0.00252. The van der Waals surface area contributed by atoms with Crippen LogP contribution in [0.3, 0.4) is 0 Å². The number of hydrogen-bond acceptors (Lipinski definition) is 8. The summed E-state index contributed by atoms with van der Waals surface area (Å²) in [7, 11) is 1.55. The highest BCUT2D eigenvalue weighted by Crippen LogP contribution is 2.41. The van der Waals surface area contributed by atoms with Crippen molar-refractivity contribution in [1.82, 2.24) is 5.06 Å². The van der Waals surface area contributed by atoms with Crippen LogP contribution in [-0.2, 0) is 24.9 Å². The van der Waals surface area contributed by atoms with Gasteiger partial charge in [-0.15, -0.1) is 9.97 Å². The monoisotopic (exact) mass is 460 g/mol. The van der Waals surface area contributed by atoms with Gasteiger partial charge in [-0.3, -0.25) is 9.59 Å². The minimum Gasteiger partial charge on any atom is -0.497 e.